The van der Waals surface area contributed by atoms with Crippen molar-refractivity contribution in [2.24, 2.45) is 0 Å². The normalized spacial score (nSPS) is 11.7. The van der Waals surface area contributed by atoms with Crippen LogP contribution in [0.3, 0.4) is 0 Å². The number of methoxy groups -OCH3 is 1. The molecule has 0 saturated heterocycles. The van der Waals surface area contributed by atoms with Crippen molar-refractivity contribution in [3.63, 3.8) is 0 Å². The number of amides is 2. The van der Waals surface area contributed by atoms with Crippen LogP contribution in [0.25, 0.3) is 0 Å². The molecular weight excluding hydrogens is 635 g/mol. The fourth-order valence-electron chi connectivity index (χ4n) is 3.60. The number of benzene rings is 2. The molecule has 0 aromatic heterocycles. The SMILES string of the molecule is CCOP(=O)(CC(=O)N(C)CC(=O)N[C@H](COc1cc(Br)ccc1C(=O)OCc1ccccc1)CC(=O)OC)OCC. The zero-order valence-corrected chi connectivity index (χ0v) is 26.5. The van der Waals surface area contributed by atoms with Gasteiger partial charge in [0.2, 0.25) is 11.8 Å². The Morgan fingerprint density at radius 1 is 1.02 bits per heavy atom. The van der Waals surface area contributed by atoms with Gasteiger partial charge in [-0.25, -0.2) is 4.79 Å². The minimum Gasteiger partial charge on any atom is -0.490 e. The molecule has 0 unspecified atom stereocenters. The average Bonchev–Trinajstić information content (AvgIpc) is 2.95. The van der Waals surface area contributed by atoms with Crippen LogP contribution in [0.5, 0.6) is 5.75 Å². The molecule has 2 aromatic rings. The quantitative estimate of drug-likeness (QED) is 0.194. The van der Waals surface area contributed by atoms with Gasteiger partial charge in [-0.2, -0.15) is 0 Å². The molecule has 14 heteroatoms. The van der Waals surface area contributed by atoms with Crippen LogP contribution in [0.15, 0.2) is 53.0 Å². The van der Waals surface area contributed by atoms with Crippen LogP contribution in [0.1, 0.15) is 36.2 Å². The Labute approximate surface area is 253 Å². The van der Waals surface area contributed by atoms with Gasteiger partial charge in [0.15, 0.2) is 0 Å². The van der Waals surface area contributed by atoms with Gasteiger partial charge in [-0.1, -0.05) is 46.3 Å². The van der Waals surface area contributed by atoms with Crippen molar-refractivity contribution in [3.05, 3.63) is 64.1 Å². The number of carbonyl (C=O) groups is 4. The number of hydrogen-bond donors (Lipinski definition) is 1. The summed E-state index contributed by atoms with van der Waals surface area (Å²) in [4.78, 5) is 51.3. The zero-order chi connectivity index (χ0) is 31.1. The van der Waals surface area contributed by atoms with Crippen molar-refractivity contribution < 1.29 is 47.0 Å². The van der Waals surface area contributed by atoms with Gasteiger partial charge in [-0.05, 0) is 37.6 Å². The Morgan fingerprint density at radius 3 is 2.31 bits per heavy atom. The van der Waals surface area contributed by atoms with E-state index in [4.69, 9.17) is 23.3 Å². The molecule has 0 fully saturated rings. The number of carbonyl (C=O) groups excluding carboxylic acids is 4. The van der Waals surface area contributed by atoms with Gasteiger partial charge in [-0.3, -0.25) is 18.9 Å². The van der Waals surface area contributed by atoms with E-state index in [1.165, 1.54) is 20.2 Å². The smallest absolute Gasteiger partial charge is 0.342 e. The van der Waals surface area contributed by atoms with E-state index in [0.717, 1.165) is 10.5 Å². The summed E-state index contributed by atoms with van der Waals surface area (Å²) in [5, 5.41) is 2.64. The second-order valence-electron chi connectivity index (χ2n) is 8.91. The van der Waals surface area contributed by atoms with Gasteiger partial charge in [0.1, 0.15) is 30.7 Å². The summed E-state index contributed by atoms with van der Waals surface area (Å²) in [5.74, 6) is -2.29. The first-order valence-electron chi connectivity index (χ1n) is 13.1. The maximum absolute atomic E-state index is 12.8. The van der Waals surface area contributed by atoms with E-state index in [9.17, 15) is 23.7 Å². The number of ether oxygens (including phenoxy) is 3. The summed E-state index contributed by atoms with van der Waals surface area (Å²) in [5.41, 5.74) is 0.962. The predicted molar refractivity (Wildman–Crippen MR) is 157 cm³/mol. The highest BCUT2D eigenvalue weighted by Crippen LogP contribution is 2.47. The Bertz CT molecular complexity index is 1250. The molecule has 0 aliphatic carbocycles. The number of nitrogens with one attached hydrogen (secondary N) is 1. The first-order valence-corrected chi connectivity index (χ1v) is 15.6. The summed E-state index contributed by atoms with van der Waals surface area (Å²) in [6.45, 7) is 2.89. The molecule has 0 aliphatic rings. The zero-order valence-electron chi connectivity index (χ0n) is 24.0. The highest BCUT2D eigenvalue weighted by molar-refractivity contribution is 9.10. The van der Waals surface area contributed by atoms with Crippen LogP contribution in [0, 0.1) is 0 Å². The lowest BCUT2D eigenvalue weighted by Crippen LogP contribution is -2.46. The molecule has 2 amide bonds. The lowest BCUT2D eigenvalue weighted by molar-refractivity contribution is -0.142. The van der Waals surface area contributed by atoms with E-state index < -0.39 is 50.1 Å². The first-order chi connectivity index (χ1) is 20.0. The van der Waals surface area contributed by atoms with E-state index in [-0.39, 0.29) is 44.2 Å². The van der Waals surface area contributed by atoms with Gasteiger partial charge >= 0.3 is 19.5 Å². The minimum atomic E-state index is -3.65. The molecular formula is C28H36BrN2O10P. The van der Waals surface area contributed by atoms with Crippen molar-refractivity contribution in [1.29, 1.82) is 0 Å². The Kier molecular flexibility index (Phi) is 14.7. The second-order valence-corrected chi connectivity index (χ2v) is 11.9. The van der Waals surface area contributed by atoms with Gasteiger partial charge in [-0.15, -0.1) is 0 Å². The predicted octanol–water partition coefficient (Wildman–Crippen LogP) is 3.96. The van der Waals surface area contributed by atoms with Crippen molar-refractivity contribution in [2.75, 3.05) is 46.7 Å². The van der Waals surface area contributed by atoms with Crippen molar-refractivity contribution in [3.8, 4) is 5.75 Å². The third-order valence-corrected chi connectivity index (χ3v) is 8.06. The Hall–Kier alpha value is -3.25. The van der Waals surface area contributed by atoms with Crippen molar-refractivity contribution in [1.82, 2.24) is 10.2 Å². The largest absolute Gasteiger partial charge is 0.490 e. The van der Waals surface area contributed by atoms with Crippen LogP contribution >= 0.6 is 23.5 Å². The van der Waals surface area contributed by atoms with E-state index in [1.54, 1.807) is 26.0 Å². The standard InChI is InChI=1S/C28H36BrN2O10P/c1-5-40-42(36,41-6-2)19-26(33)31(3)16-25(32)30-22(15-27(34)37-4)18-38-24-14-21(29)12-13-23(24)28(35)39-17-20-10-8-7-9-11-20/h7-14,22H,5-6,15-19H2,1-4H3,(H,30,32)/t22-/m0/s1. The molecule has 12 nitrogen and oxygen atoms in total. The van der Waals surface area contributed by atoms with Crippen LogP contribution < -0.4 is 10.1 Å². The number of likely N-dealkylation sites (N-methyl/N-ethyl adjacent to an activating group) is 1. The van der Waals surface area contributed by atoms with Gasteiger partial charge < -0.3 is 33.5 Å². The molecule has 0 bridgehead atoms. The minimum absolute atomic E-state index is 0.0625. The molecule has 2 rings (SSSR count). The Morgan fingerprint density at radius 2 is 1.69 bits per heavy atom. The van der Waals surface area contributed by atoms with Gasteiger partial charge in [0, 0.05) is 11.5 Å². The monoisotopic (exact) mass is 670 g/mol. The fourth-order valence-corrected chi connectivity index (χ4v) is 5.55. The van der Waals surface area contributed by atoms with Crippen molar-refractivity contribution in [2.45, 2.75) is 32.9 Å². The van der Waals surface area contributed by atoms with Crippen molar-refractivity contribution >= 4 is 47.3 Å². The Balaban J connectivity index is 2.07. The third-order valence-electron chi connectivity index (χ3n) is 5.61. The molecule has 2 aromatic carbocycles. The lowest BCUT2D eigenvalue weighted by Gasteiger charge is -2.23. The fraction of sp³-hybridized carbons (Fsp3) is 0.429. The van der Waals surface area contributed by atoms with Gasteiger partial charge in [0.05, 0.1) is 39.3 Å². The van der Waals surface area contributed by atoms with Gasteiger partial charge in [0.25, 0.3) is 0 Å². The van der Waals surface area contributed by atoms with Crippen LogP contribution in [-0.4, -0.2) is 81.4 Å². The van der Waals surface area contributed by atoms with E-state index in [2.05, 4.69) is 21.2 Å². The lowest BCUT2D eigenvalue weighted by atomic mass is 10.2. The number of hydrogen-bond acceptors (Lipinski definition) is 10. The number of esters is 2. The molecule has 42 heavy (non-hydrogen) atoms. The summed E-state index contributed by atoms with van der Waals surface area (Å²) in [6, 6.07) is 13.1. The molecule has 230 valence electrons. The summed E-state index contributed by atoms with van der Waals surface area (Å²) < 4.78 is 39.6. The number of halogens is 1. The third kappa shape index (κ3) is 11.9. The second kappa shape index (κ2) is 17.6. The molecule has 0 heterocycles. The highest BCUT2D eigenvalue weighted by atomic mass is 79.9. The number of nitrogens with zero attached hydrogens (tertiary/aromatic N) is 1. The molecule has 0 aliphatic heterocycles. The average molecular weight is 671 g/mol. The van der Waals surface area contributed by atoms with Crippen LogP contribution in [0.4, 0.5) is 0 Å². The van der Waals surface area contributed by atoms with Crippen LogP contribution in [0.2, 0.25) is 0 Å². The summed E-state index contributed by atoms with van der Waals surface area (Å²) in [6.07, 6.45) is -0.773. The first kappa shape index (κ1) is 34.9. The van der Waals surface area contributed by atoms with E-state index >= 15 is 0 Å². The highest BCUT2D eigenvalue weighted by Gasteiger charge is 2.30. The number of rotatable bonds is 17. The summed E-state index contributed by atoms with van der Waals surface area (Å²) >= 11 is 3.35. The maximum Gasteiger partial charge on any atom is 0.342 e. The van der Waals surface area contributed by atoms with E-state index in [0.29, 0.717) is 4.47 Å². The maximum atomic E-state index is 12.8. The molecule has 0 radical (unpaired) electrons. The summed E-state index contributed by atoms with van der Waals surface area (Å²) in [7, 11) is -1.08. The topological polar surface area (TPSA) is 147 Å². The van der Waals surface area contributed by atoms with Crippen LogP contribution in [-0.2, 0) is 44.1 Å². The molecule has 0 saturated carbocycles. The molecule has 0 spiro atoms. The molecule has 1 N–H and O–H groups in total. The molecule has 1 atom stereocenters. The van der Waals surface area contributed by atoms with E-state index in [1.807, 2.05) is 30.3 Å².